The van der Waals surface area contributed by atoms with Gasteiger partial charge in [0.1, 0.15) is 0 Å². The van der Waals surface area contributed by atoms with Gasteiger partial charge >= 0.3 is 0 Å². The zero-order valence-corrected chi connectivity index (χ0v) is 14.9. The Morgan fingerprint density at radius 2 is 1.96 bits per heavy atom. The van der Waals surface area contributed by atoms with Gasteiger partial charge in [-0.2, -0.15) is 0 Å². The lowest BCUT2D eigenvalue weighted by atomic mass is 9.78. The summed E-state index contributed by atoms with van der Waals surface area (Å²) in [5, 5.41) is 6.85. The van der Waals surface area contributed by atoms with Gasteiger partial charge in [0, 0.05) is 32.7 Å². The molecule has 4 heteroatoms. The minimum atomic E-state index is 0.174. The van der Waals surface area contributed by atoms with Crippen LogP contribution in [0.4, 0.5) is 0 Å². The first-order valence-corrected chi connectivity index (χ1v) is 8.61. The Hall–Kier alpha value is -1.55. The van der Waals surface area contributed by atoms with E-state index in [-0.39, 0.29) is 5.41 Å². The first-order chi connectivity index (χ1) is 11.0. The molecule has 0 spiro atoms. The molecule has 2 unspecified atom stereocenters. The van der Waals surface area contributed by atoms with E-state index < -0.39 is 0 Å². The summed E-state index contributed by atoms with van der Waals surface area (Å²) in [6.07, 6.45) is 2.66. The first kappa shape index (κ1) is 17.8. The molecule has 2 N–H and O–H groups in total. The quantitative estimate of drug-likeness (QED) is 0.662. The minimum Gasteiger partial charge on any atom is -0.377 e. The van der Waals surface area contributed by atoms with Crippen LogP contribution in [0.15, 0.2) is 35.3 Å². The monoisotopic (exact) mass is 317 g/mol. The highest BCUT2D eigenvalue weighted by molar-refractivity contribution is 5.79. The summed E-state index contributed by atoms with van der Waals surface area (Å²) in [6, 6.07) is 10.4. The van der Waals surface area contributed by atoms with E-state index >= 15 is 0 Å². The summed E-state index contributed by atoms with van der Waals surface area (Å²) in [6.45, 7) is 9.36. The van der Waals surface area contributed by atoms with Crippen LogP contribution >= 0.6 is 0 Å². The molecule has 1 aliphatic heterocycles. The van der Waals surface area contributed by atoms with Gasteiger partial charge in [-0.1, -0.05) is 51.1 Å². The fraction of sp³-hybridized carbons (Fsp3) is 0.632. The molecular formula is C19H31N3O. The number of aliphatic imine (C=N–C) groups is 1. The second-order valence-corrected chi connectivity index (χ2v) is 7.35. The van der Waals surface area contributed by atoms with Crippen molar-refractivity contribution in [2.24, 2.45) is 16.3 Å². The molecule has 1 aromatic carbocycles. The molecule has 2 rings (SSSR count). The second kappa shape index (κ2) is 8.34. The van der Waals surface area contributed by atoms with Crippen molar-refractivity contribution in [3.63, 3.8) is 0 Å². The summed E-state index contributed by atoms with van der Waals surface area (Å²) < 4.78 is 6.05. The summed E-state index contributed by atoms with van der Waals surface area (Å²) in [5.41, 5.74) is 1.43. The van der Waals surface area contributed by atoms with Gasteiger partial charge in [0.15, 0.2) is 5.96 Å². The van der Waals surface area contributed by atoms with Crippen molar-refractivity contribution >= 4 is 5.96 Å². The Kier molecular flexibility index (Phi) is 6.46. The van der Waals surface area contributed by atoms with Gasteiger partial charge in [0.25, 0.3) is 0 Å². The largest absolute Gasteiger partial charge is 0.377 e. The zero-order valence-electron chi connectivity index (χ0n) is 14.9. The van der Waals surface area contributed by atoms with Crippen molar-refractivity contribution in [2.75, 3.05) is 20.2 Å². The van der Waals surface area contributed by atoms with Crippen LogP contribution in [0.1, 0.15) is 39.2 Å². The van der Waals surface area contributed by atoms with Crippen molar-refractivity contribution in [3.05, 3.63) is 35.9 Å². The van der Waals surface area contributed by atoms with E-state index in [0.717, 1.165) is 32.1 Å². The van der Waals surface area contributed by atoms with Crippen molar-refractivity contribution in [2.45, 2.75) is 46.3 Å². The molecule has 1 saturated heterocycles. The maximum atomic E-state index is 6.05. The molecule has 0 amide bonds. The maximum Gasteiger partial charge on any atom is 0.191 e. The number of nitrogens with one attached hydrogen (secondary N) is 2. The lowest BCUT2D eigenvalue weighted by Gasteiger charge is -2.40. The number of rotatable bonds is 4. The molecule has 4 nitrogen and oxygen atoms in total. The third kappa shape index (κ3) is 5.54. The van der Waals surface area contributed by atoms with E-state index in [9.17, 15) is 0 Å². The van der Waals surface area contributed by atoms with Crippen LogP contribution < -0.4 is 10.6 Å². The van der Waals surface area contributed by atoms with Crippen LogP contribution in [-0.4, -0.2) is 32.3 Å². The normalized spacial score (nSPS) is 22.7. The molecule has 128 valence electrons. The van der Waals surface area contributed by atoms with E-state index in [2.05, 4.69) is 60.7 Å². The second-order valence-electron chi connectivity index (χ2n) is 7.35. The number of benzene rings is 1. The Labute approximate surface area is 140 Å². The highest BCUT2D eigenvalue weighted by Crippen LogP contribution is 2.33. The zero-order chi connectivity index (χ0) is 16.7. The van der Waals surface area contributed by atoms with E-state index in [1.54, 1.807) is 0 Å². The van der Waals surface area contributed by atoms with Gasteiger partial charge in [0.2, 0.25) is 0 Å². The van der Waals surface area contributed by atoms with Gasteiger partial charge in [-0.05, 0) is 23.8 Å². The van der Waals surface area contributed by atoms with Crippen LogP contribution in [0.3, 0.4) is 0 Å². The average molecular weight is 317 g/mol. The summed E-state index contributed by atoms with van der Waals surface area (Å²) in [7, 11) is 1.82. The molecule has 0 aliphatic carbocycles. The third-order valence-corrected chi connectivity index (χ3v) is 4.36. The SMILES string of the molecule is CN=C(NCc1ccccc1)NCC1CCCOC1C(C)(C)C. The Morgan fingerprint density at radius 3 is 2.61 bits per heavy atom. The van der Waals surface area contributed by atoms with Gasteiger partial charge in [-0.25, -0.2) is 0 Å². The molecule has 0 bridgehead atoms. The molecule has 0 aromatic heterocycles. The van der Waals surface area contributed by atoms with Crippen LogP contribution in [0.5, 0.6) is 0 Å². The minimum absolute atomic E-state index is 0.174. The van der Waals surface area contributed by atoms with E-state index in [1.165, 1.54) is 12.0 Å². The molecule has 0 saturated carbocycles. The van der Waals surface area contributed by atoms with Gasteiger partial charge in [0.05, 0.1) is 6.10 Å². The van der Waals surface area contributed by atoms with Crippen molar-refractivity contribution in [1.29, 1.82) is 0 Å². The molecule has 2 atom stereocenters. The summed E-state index contributed by atoms with van der Waals surface area (Å²) in [4.78, 5) is 4.33. The highest BCUT2D eigenvalue weighted by Gasteiger charge is 2.35. The Bertz CT molecular complexity index is 493. The van der Waals surface area contributed by atoms with E-state index in [4.69, 9.17) is 4.74 Å². The van der Waals surface area contributed by atoms with Crippen molar-refractivity contribution in [1.82, 2.24) is 10.6 Å². The lowest BCUT2D eigenvalue weighted by molar-refractivity contribution is -0.0835. The molecular weight excluding hydrogens is 286 g/mol. The van der Waals surface area contributed by atoms with Crippen LogP contribution in [0.2, 0.25) is 0 Å². The maximum absolute atomic E-state index is 6.05. The average Bonchev–Trinajstić information content (AvgIpc) is 2.55. The number of ether oxygens (including phenoxy) is 1. The smallest absolute Gasteiger partial charge is 0.191 e. The first-order valence-electron chi connectivity index (χ1n) is 8.61. The van der Waals surface area contributed by atoms with E-state index in [0.29, 0.717) is 12.0 Å². The van der Waals surface area contributed by atoms with Crippen molar-refractivity contribution < 1.29 is 4.74 Å². The molecule has 1 heterocycles. The van der Waals surface area contributed by atoms with Gasteiger partial charge < -0.3 is 15.4 Å². The van der Waals surface area contributed by atoms with Gasteiger partial charge in [-0.3, -0.25) is 4.99 Å². The lowest BCUT2D eigenvalue weighted by Crippen LogP contribution is -2.47. The molecule has 1 aliphatic rings. The topological polar surface area (TPSA) is 45.7 Å². The number of guanidine groups is 1. The predicted octanol–water partition coefficient (Wildman–Crippen LogP) is 3.19. The number of hydrogen-bond acceptors (Lipinski definition) is 2. The number of nitrogens with zero attached hydrogens (tertiary/aromatic N) is 1. The summed E-state index contributed by atoms with van der Waals surface area (Å²) >= 11 is 0. The van der Waals surface area contributed by atoms with E-state index in [1.807, 2.05) is 13.1 Å². The fourth-order valence-corrected chi connectivity index (χ4v) is 3.24. The molecule has 23 heavy (non-hydrogen) atoms. The molecule has 1 fully saturated rings. The molecule has 1 aromatic rings. The standard InChI is InChI=1S/C19H31N3O/c1-19(2,3)17-16(11-8-12-23-17)14-22-18(20-4)21-13-15-9-6-5-7-10-15/h5-7,9-10,16-17H,8,11-14H2,1-4H3,(H2,20,21,22). The summed E-state index contributed by atoms with van der Waals surface area (Å²) in [5.74, 6) is 1.38. The number of hydrogen-bond donors (Lipinski definition) is 2. The Morgan fingerprint density at radius 1 is 1.22 bits per heavy atom. The fourth-order valence-electron chi connectivity index (χ4n) is 3.24. The van der Waals surface area contributed by atoms with Crippen LogP contribution in [0, 0.1) is 11.3 Å². The highest BCUT2D eigenvalue weighted by atomic mass is 16.5. The third-order valence-electron chi connectivity index (χ3n) is 4.36. The van der Waals surface area contributed by atoms with Crippen LogP contribution in [0.25, 0.3) is 0 Å². The van der Waals surface area contributed by atoms with Gasteiger partial charge in [-0.15, -0.1) is 0 Å². The molecule has 0 radical (unpaired) electrons. The predicted molar refractivity (Wildman–Crippen MR) is 96.6 cm³/mol. The Balaban J connectivity index is 1.84. The van der Waals surface area contributed by atoms with Crippen molar-refractivity contribution in [3.8, 4) is 0 Å². The van der Waals surface area contributed by atoms with Crippen LogP contribution in [-0.2, 0) is 11.3 Å².